The Morgan fingerprint density at radius 3 is 2.58 bits per heavy atom. The summed E-state index contributed by atoms with van der Waals surface area (Å²) in [7, 11) is 1.30. The number of methoxy groups -OCH3 is 1. The van der Waals surface area contributed by atoms with E-state index < -0.39 is 12.0 Å². The van der Waals surface area contributed by atoms with Crippen molar-refractivity contribution in [3.8, 4) is 0 Å². The fourth-order valence-electron chi connectivity index (χ4n) is 1.57. The van der Waals surface area contributed by atoms with Crippen LogP contribution in [0.25, 0.3) is 0 Å². The van der Waals surface area contributed by atoms with Crippen LogP contribution in [0.4, 0.5) is 0 Å². The van der Waals surface area contributed by atoms with Gasteiger partial charge in [0.05, 0.1) is 7.11 Å². The maximum Gasteiger partial charge on any atom is 0.328 e. The molecule has 0 bridgehead atoms. The minimum atomic E-state index is -0.696. The summed E-state index contributed by atoms with van der Waals surface area (Å²) in [6.45, 7) is 3.53. The number of carbonyl (C=O) groups is 2. The number of carbonyl (C=O) groups excluding carboxylic acids is 2. The molecule has 0 aliphatic carbocycles. The number of esters is 1. The Hall–Kier alpha value is -1.55. The number of rotatable bonds is 5. The summed E-state index contributed by atoms with van der Waals surface area (Å²) in [6.07, 6.45) is 0.353. The Morgan fingerprint density at radius 2 is 2.05 bits per heavy atom. The van der Waals surface area contributed by atoms with Gasteiger partial charge in [-0.2, -0.15) is 0 Å². The lowest BCUT2D eigenvalue weighted by molar-refractivity contribution is -0.145. The van der Waals surface area contributed by atoms with E-state index in [1.165, 1.54) is 7.11 Å². The van der Waals surface area contributed by atoms with E-state index in [1.54, 1.807) is 32.0 Å². The predicted octanol–water partition coefficient (Wildman–Crippen LogP) is 2.20. The predicted molar refractivity (Wildman–Crippen MR) is 73.9 cm³/mol. The molecule has 0 aromatic heterocycles. The molecule has 0 fully saturated rings. The SMILES string of the molecule is COC(=O)[C@@H](Cc1cccc(Cl)c1)NC(=O)C(C)C. The third kappa shape index (κ3) is 4.91. The zero-order chi connectivity index (χ0) is 14.4. The van der Waals surface area contributed by atoms with Crippen molar-refractivity contribution in [2.75, 3.05) is 7.11 Å². The van der Waals surface area contributed by atoms with Crippen LogP contribution >= 0.6 is 11.6 Å². The van der Waals surface area contributed by atoms with Gasteiger partial charge in [-0.3, -0.25) is 4.79 Å². The van der Waals surface area contributed by atoms with Crippen LogP contribution in [0.3, 0.4) is 0 Å². The standard InChI is InChI=1S/C14H18ClNO3/c1-9(2)13(17)16-12(14(18)19-3)8-10-5-4-6-11(15)7-10/h4-7,9,12H,8H2,1-3H3,(H,16,17)/t12-/m1/s1. The molecule has 1 N–H and O–H groups in total. The Balaban J connectivity index is 2.80. The summed E-state index contributed by atoms with van der Waals surface area (Å²) in [6, 6.07) is 6.47. The minimum absolute atomic E-state index is 0.183. The van der Waals surface area contributed by atoms with Gasteiger partial charge in [0.25, 0.3) is 0 Å². The summed E-state index contributed by atoms with van der Waals surface area (Å²) >= 11 is 5.89. The van der Waals surface area contributed by atoms with Gasteiger partial charge < -0.3 is 10.1 Å². The number of benzene rings is 1. The lowest BCUT2D eigenvalue weighted by Gasteiger charge is -2.18. The first-order valence-electron chi connectivity index (χ1n) is 6.06. The highest BCUT2D eigenvalue weighted by atomic mass is 35.5. The van der Waals surface area contributed by atoms with E-state index in [2.05, 4.69) is 5.32 Å². The summed E-state index contributed by atoms with van der Waals surface area (Å²) in [4.78, 5) is 23.4. The van der Waals surface area contributed by atoms with Crippen molar-refractivity contribution in [1.29, 1.82) is 0 Å². The molecule has 0 aliphatic heterocycles. The summed E-state index contributed by atoms with van der Waals surface area (Å²) in [5.74, 6) is -0.835. The van der Waals surface area contributed by atoms with Crippen LogP contribution in [0, 0.1) is 5.92 Å². The van der Waals surface area contributed by atoms with Crippen LogP contribution in [0.1, 0.15) is 19.4 Å². The molecule has 104 valence electrons. The molecule has 4 nitrogen and oxygen atoms in total. The van der Waals surface area contributed by atoms with Gasteiger partial charge in [-0.25, -0.2) is 4.79 Å². The molecule has 0 saturated heterocycles. The number of hydrogen-bond donors (Lipinski definition) is 1. The van der Waals surface area contributed by atoms with Crippen molar-refractivity contribution in [3.05, 3.63) is 34.9 Å². The molecule has 0 spiro atoms. The lowest BCUT2D eigenvalue weighted by atomic mass is 10.0. The smallest absolute Gasteiger partial charge is 0.328 e. The zero-order valence-corrected chi connectivity index (χ0v) is 12.0. The first-order valence-corrected chi connectivity index (χ1v) is 6.44. The molecule has 1 aromatic carbocycles. The maximum absolute atomic E-state index is 11.7. The second kappa shape index (κ2) is 7.14. The molecule has 0 aliphatic rings. The van der Waals surface area contributed by atoms with Crippen molar-refractivity contribution in [2.45, 2.75) is 26.3 Å². The molecule has 5 heteroatoms. The minimum Gasteiger partial charge on any atom is -0.467 e. The normalized spacial score (nSPS) is 12.1. The molecule has 19 heavy (non-hydrogen) atoms. The number of halogens is 1. The fourth-order valence-corrected chi connectivity index (χ4v) is 1.79. The monoisotopic (exact) mass is 283 g/mol. The highest BCUT2D eigenvalue weighted by molar-refractivity contribution is 6.30. The van der Waals surface area contributed by atoms with E-state index in [1.807, 2.05) is 6.07 Å². The van der Waals surface area contributed by atoms with Crippen molar-refractivity contribution in [2.24, 2.45) is 5.92 Å². The highest BCUT2D eigenvalue weighted by Crippen LogP contribution is 2.13. The van der Waals surface area contributed by atoms with Crippen LogP contribution in [0.2, 0.25) is 5.02 Å². The average molecular weight is 284 g/mol. The van der Waals surface area contributed by atoms with Crippen molar-refractivity contribution >= 4 is 23.5 Å². The van der Waals surface area contributed by atoms with Crippen LogP contribution in [-0.4, -0.2) is 25.0 Å². The van der Waals surface area contributed by atoms with Crippen molar-refractivity contribution < 1.29 is 14.3 Å². The van der Waals surface area contributed by atoms with Gasteiger partial charge in [0.2, 0.25) is 5.91 Å². The molecule has 0 heterocycles. The molecule has 0 radical (unpaired) electrons. The van der Waals surface area contributed by atoms with E-state index in [9.17, 15) is 9.59 Å². The number of ether oxygens (including phenoxy) is 1. The third-order valence-corrected chi connectivity index (χ3v) is 2.89. The van der Waals surface area contributed by atoms with Gasteiger partial charge in [0, 0.05) is 17.4 Å². The second-order valence-electron chi connectivity index (χ2n) is 4.57. The fraction of sp³-hybridized carbons (Fsp3) is 0.429. The zero-order valence-electron chi connectivity index (χ0n) is 11.3. The average Bonchev–Trinajstić information content (AvgIpc) is 2.36. The van der Waals surface area contributed by atoms with Crippen LogP contribution in [-0.2, 0) is 20.7 Å². The Bertz CT molecular complexity index is 460. The Morgan fingerprint density at radius 1 is 1.37 bits per heavy atom. The molecule has 0 unspecified atom stereocenters. The Kier molecular flexibility index (Phi) is 5.83. The molecular formula is C14H18ClNO3. The largest absolute Gasteiger partial charge is 0.467 e. The highest BCUT2D eigenvalue weighted by Gasteiger charge is 2.23. The number of hydrogen-bond acceptors (Lipinski definition) is 3. The van der Waals surface area contributed by atoms with Gasteiger partial charge in [-0.15, -0.1) is 0 Å². The molecule has 1 atom stereocenters. The number of amides is 1. The third-order valence-electron chi connectivity index (χ3n) is 2.66. The van der Waals surface area contributed by atoms with Crippen LogP contribution < -0.4 is 5.32 Å². The van der Waals surface area contributed by atoms with E-state index in [4.69, 9.17) is 16.3 Å². The summed E-state index contributed by atoms with van der Waals surface area (Å²) in [5, 5.41) is 3.27. The van der Waals surface area contributed by atoms with E-state index >= 15 is 0 Å². The molecule has 1 amide bonds. The van der Waals surface area contributed by atoms with Gasteiger partial charge in [0.1, 0.15) is 6.04 Å². The van der Waals surface area contributed by atoms with Crippen molar-refractivity contribution in [3.63, 3.8) is 0 Å². The first-order chi connectivity index (χ1) is 8.93. The lowest BCUT2D eigenvalue weighted by Crippen LogP contribution is -2.44. The van der Waals surface area contributed by atoms with E-state index in [0.717, 1.165) is 5.56 Å². The van der Waals surface area contributed by atoms with Gasteiger partial charge >= 0.3 is 5.97 Å². The molecule has 1 aromatic rings. The summed E-state index contributed by atoms with van der Waals surface area (Å²) in [5.41, 5.74) is 0.868. The maximum atomic E-state index is 11.7. The van der Waals surface area contributed by atoms with Crippen LogP contribution in [0.5, 0.6) is 0 Å². The molecule has 0 saturated carbocycles. The summed E-state index contributed by atoms with van der Waals surface area (Å²) < 4.78 is 4.71. The van der Waals surface area contributed by atoms with Gasteiger partial charge in [-0.05, 0) is 17.7 Å². The van der Waals surface area contributed by atoms with Gasteiger partial charge in [0.15, 0.2) is 0 Å². The van der Waals surface area contributed by atoms with Crippen molar-refractivity contribution in [1.82, 2.24) is 5.32 Å². The van der Waals surface area contributed by atoms with Crippen LogP contribution in [0.15, 0.2) is 24.3 Å². The topological polar surface area (TPSA) is 55.4 Å². The van der Waals surface area contributed by atoms with Gasteiger partial charge in [-0.1, -0.05) is 37.6 Å². The van der Waals surface area contributed by atoms with E-state index in [0.29, 0.717) is 11.4 Å². The molecular weight excluding hydrogens is 266 g/mol. The Labute approximate surface area is 118 Å². The number of nitrogens with one attached hydrogen (secondary N) is 1. The first kappa shape index (κ1) is 15.5. The quantitative estimate of drug-likeness (QED) is 0.843. The molecule has 1 rings (SSSR count). The second-order valence-corrected chi connectivity index (χ2v) is 5.01. The van der Waals surface area contributed by atoms with E-state index in [-0.39, 0.29) is 11.8 Å².